The average molecular weight is 262 g/mol. The predicted octanol–water partition coefficient (Wildman–Crippen LogP) is 2.15. The molecule has 1 aromatic rings. The molecule has 0 bridgehead atoms. The van der Waals surface area contributed by atoms with Gasteiger partial charge in [0.05, 0.1) is 6.10 Å². The van der Waals surface area contributed by atoms with Gasteiger partial charge in [-0.3, -0.25) is 0 Å². The van der Waals surface area contributed by atoms with Gasteiger partial charge in [-0.2, -0.15) is 0 Å². The molecule has 1 aliphatic carbocycles. The topological polar surface area (TPSA) is 71.5 Å². The number of fused-ring (bicyclic) bond motifs is 1. The van der Waals surface area contributed by atoms with Crippen LogP contribution >= 0.6 is 0 Å². The minimum Gasteiger partial charge on any atom is -0.477 e. The lowest BCUT2D eigenvalue weighted by atomic mass is 9.82. The highest BCUT2D eigenvalue weighted by molar-refractivity contribution is 5.85. The molecule has 2 fully saturated rings. The first-order chi connectivity index (χ1) is 9.24. The fourth-order valence-corrected chi connectivity index (χ4v) is 3.18. The Labute approximate surface area is 112 Å². The lowest BCUT2D eigenvalue weighted by Crippen LogP contribution is -2.38. The van der Waals surface area contributed by atoms with Crippen molar-refractivity contribution >= 4 is 11.8 Å². The van der Waals surface area contributed by atoms with Gasteiger partial charge in [0.2, 0.25) is 0 Å². The maximum Gasteiger partial charge on any atom is 0.354 e. The van der Waals surface area contributed by atoms with Crippen molar-refractivity contribution in [3.8, 4) is 0 Å². The average Bonchev–Trinajstić information content (AvgIpc) is 2.88. The van der Waals surface area contributed by atoms with Crippen LogP contribution in [0.5, 0.6) is 0 Å². The molecule has 102 valence electrons. The largest absolute Gasteiger partial charge is 0.477 e. The Balaban J connectivity index is 1.73. The lowest BCUT2D eigenvalue weighted by molar-refractivity contribution is 0.0619. The molecule has 0 spiro atoms. The molecule has 3 unspecified atom stereocenters. The van der Waals surface area contributed by atoms with Gasteiger partial charge in [-0.05, 0) is 37.8 Å². The summed E-state index contributed by atoms with van der Waals surface area (Å²) in [6, 6.07) is 5.41. The summed E-state index contributed by atoms with van der Waals surface area (Å²) in [5, 5.41) is 12.3. The third-order valence-electron chi connectivity index (χ3n) is 4.08. The zero-order chi connectivity index (χ0) is 13.2. The molecule has 1 aromatic heterocycles. The predicted molar refractivity (Wildman–Crippen MR) is 70.3 cm³/mol. The number of rotatable bonds is 3. The van der Waals surface area contributed by atoms with Crippen LogP contribution in [0, 0.1) is 5.92 Å². The Bertz CT molecular complexity index is 478. The fraction of sp³-hybridized carbons (Fsp3) is 0.571. The molecule has 0 radical (unpaired) electrons. The molecule has 1 saturated heterocycles. The summed E-state index contributed by atoms with van der Waals surface area (Å²) in [6.07, 6.45) is 4.85. The van der Waals surface area contributed by atoms with Crippen LogP contribution in [0.2, 0.25) is 0 Å². The van der Waals surface area contributed by atoms with Crippen molar-refractivity contribution in [2.45, 2.75) is 37.8 Å². The number of hydrogen-bond donors (Lipinski definition) is 2. The van der Waals surface area contributed by atoms with Gasteiger partial charge in [-0.15, -0.1) is 0 Å². The van der Waals surface area contributed by atoms with Gasteiger partial charge in [0.25, 0.3) is 0 Å². The number of carboxylic acid groups (broad SMARTS) is 1. The molecule has 0 amide bonds. The second-order valence-corrected chi connectivity index (χ2v) is 5.26. The molecular weight excluding hydrogens is 244 g/mol. The Hall–Kier alpha value is -1.62. The lowest BCUT2D eigenvalue weighted by Gasteiger charge is -2.33. The molecule has 19 heavy (non-hydrogen) atoms. The SMILES string of the molecule is O=C(O)c1cccc(NC2CCCC3OCCC23)n1. The van der Waals surface area contributed by atoms with E-state index in [1.807, 2.05) is 6.07 Å². The zero-order valence-corrected chi connectivity index (χ0v) is 10.7. The fourth-order valence-electron chi connectivity index (χ4n) is 3.18. The van der Waals surface area contributed by atoms with E-state index in [1.54, 1.807) is 6.07 Å². The monoisotopic (exact) mass is 262 g/mol. The van der Waals surface area contributed by atoms with Crippen LogP contribution in [0.1, 0.15) is 36.2 Å². The first-order valence-corrected chi connectivity index (χ1v) is 6.82. The van der Waals surface area contributed by atoms with Gasteiger partial charge < -0.3 is 15.2 Å². The van der Waals surface area contributed by atoms with E-state index in [4.69, 9.17) is 9.84 Å². The Kier molecular flexibility index (Phi) is 3.38. The van der Waals surface area contributed by atoms with Crippen LogP contribution in [-0.4, -0.2) is 34.8 Å². The maximum atomic E-state index is 10.9. The number of aromatic carboxylic acids is 1. The van der Waals surface area contributed by atoms with Crippen LogP contribution in [-0.2, 0) is 4.74 Å². The van der Waals surface area contributed by atoms with Crippen LogP contribution in [0.25, 0.3) is 0 Å². The van der Waals surface area contributed by atoms with Crippen molar-refractivity contribution in [2.75, 3.05) is 11.9 Å². The summed E-state index contributed by atoms with van der Waals surface area (Å²) >= 11 is 0. The third-order valence-corrected chi connectivity index (χ3v) is 4.08. The van der Waals surface area contributed by atoms with Gasteiger partial charge in [-0.1, -0.05) is 6.07 Å². The third kappa shape index (κ3) is 2.56. The molecule has 5 nitrogen and oxygen atoms in total. The number of nitrogens with one attached hydrogen (secondary N) is 1. The summed E-state index contributed by atoms with van der Waals surface area (Å²) in [6.45, 7) is 0.843. The highest BCUT2D eigenvalue weighted by Crippen LogP contribution is 2.35. The van der Waals surface area contributed by atoms with Gasteiger partial charge >= 0.3 is 5.97 Å². The normalized spacial score (nSPS) is 29.8. The van der Waals surface area contributed by atoms with E-state index in [2.05, 4.69) is 10.3 Å². The van der Waals surface area contributed by atoms with Gasteiger partial charge in [0.15, 0.2) is 5.69 Å². The van der Waals surface area contributed by atoms with Crippen molar-refractivity contribution in [3.63, 3.8) is 0 Å². The summed E-state index contributed by atoms with van der Waals surface area (Å²) in [5.74, 6) is 0.191. The first-order valence-electron chi connectivity index (χ1n) is 6.82. The second-order valence-electron chi connectivity index (χ2n) is 5.26. The van der Waals surface area contributed by atoms with E-state index in [-0.39, 0.29) is 5.69 Å². The molecule has 0 aromatic carbocycles. The molecule has 1 saturated carbocycles. The van der Waals surface area contributed by atoms with E-state index in [1.165, 1.54) is 6.07 Å². The van der Waals surface area contributed by atoms with Crippen molar-refractivity contribution in [3.05, 3.63) is 23.9 Å². The van der Waals surface area contributed by atoms with Crippen molar-refractivity contribution in [1.29, 1.82) is 0 Å². The number of nitrogens with zero attached hydrogens (tertiary/aromatic N) is 1. The van der Waals surface area contributed by atoms with E-state index in [0.29, 0.717) is 23.9 Å². The van der Waals surface area contributed by atoms with Gasteiger partial charge in [0, 0.05) is 18.6 Å². The van der Waals surface area contributed by atoms with Crippen molar-refractivity contribution in [2.24, 2.45) is 5.92 Å². The number of ether oxygens (including phenoxy) is 1. The maximum absolute atomic E-state index is 10.9. The number of anilines is 1. The molecule has 5 heteroatoms. The van der Waals surface area contributed by atoms with Gasteiger partial charge in [0.1, 0.15) is 5.82 Å². The molecule has 2 heterocycles. The standard InChI is InChI=1S/C14H18N2O3/c17-14(18)11-4-2-6-13(16-11)15-10-3-1-5-12-9(10)7-8-19-12/h2,4,6,9-10,12H,1,3,5,7-8H2,(H,15,16)(H,17,18). The van der Waals surface area contributed by atoms with Crippen LogP contribution in [0.3, 0.4) is 0 Å². The second kappa shape index (κ2) is 5.17. The van der Waals surface area contributed by atoms with Crippen molar-refractivity contribution in [1.82, 2.24) is 4.98 Å². The highest BCUT2D eigenvalue weighted by atomic mass is 16.5. The van der Waals surface area contributed by atoms with Crippen molar-refractivity contribution < 1.29 is 14.6 Å². The van der Waals surface area contributed by atoms with Crippen LogP contribution in [0.15, 0.2) is 18.2 Å². The molecule has 3 atom stereocenters. The molecular formula is C14H18N2O3. The van der Waals surface area contributed by atoms with E-state index < -0.39 is 5.97 Å². The summed E-state index contributed by atoms with van der Waals surface area (Å²) in [7, 11) is 0. The van der Waals surface area contributed by atoms with E-state index in [9.17, 15) is 4.79 Å². The smallest absolute Gasteiger partial charge is 0.354 e. The summed E-state index contributed by atoms with van der Waals surface area (Å²) in [5.41, 5.74) is 0.0834. The minimum absolute atomic E-state index is 0.0834. The van der Waals surface area contributed by atoms with Crippen LogP contribution in [0.4, 0.5) is 5.82 Å². The highest BCUT2D eigenvalue weighted by Gasteiger charge is 2.37. The molecule has 2 N–H and O–H groups in total. The minimum atomic E-state index is -0.991. The Morgan fingerprint density at radius 1 is 1.37 bits per heavy atom. The van der Waals surface area contributed by atoms with E-state index >= 15 is 0 Å². The molecule has 2 aliphatic rings. The Morgan fingerprint density at radius 3 is 3.11 bits per heavy atom. The van der Waals surface area contributed by atoms with Crippen LogP contribution < -0.4 is 5.32 Å². The number of aromatic nitrogens is 1. The zero-order valence-electron chi connectivity index (χ0n) is 10.7. The molecule has 3 rings (SSSR count). The molecule has 1 aliphatic heterocycles. The quantitative estimate of drug-likeness (QED) is 0.873. The summed E-state index contributed by atoms with van der Waals surface area (Å²) in [4.78, 5) is 15.0. The van der Waals surface area contributed by atoms with Gasteiger partial charge in [-0.25, -0.2) is 9.78 Å². The number of hydrogen-bond acceptors (Lipinski definition) is 4. The van der Waals surface area contributed by atoms with E-state index in [0.717, 1.165) is 32.3 Å². The number of carbonyl (C=O) groups is 1. The Morgan fingerprint density at radius 2 is 2.26 bits per heavy atom. The number of pyridine rings is 1. The number of carboxylic acids is 1. The first kappa shape index (κ1) is 12.4. The summed E-state index contributed by atoms with van der Waals surface area (Å²) < 4.78 is 5.73.